The molecule has 82 valence electrons. The standard InChI is InChI=1S/C12H13N3O/c1-6-3-4-9-8(7(6)2)5-10-11(13-9)15-12(16)14-10/h3-4,10H,5H2,1-2H3,(H2,13,14,15,16). The summed E-state index contributed by atoms with van der Waals surface area (Å²) in [6, 6.07) is 3.97. The Morgan fingerprint density at radius 1 is 1.38 bits per heavy atom. The number of urea groups is 1. The van der Waals surface area contributed by atoms with Crippen LogP contribution in [0, 0.1) is 13.8 Å². The van der Waals surface area contributed by atoms with Crippen LogP contribution in [0.1, 0.15) is 16.7 Å². The van der Waals surface area contributed by atoms with E-state index < -0.39 is 0 Å². The second kappa shape index (κ2) is 3.07. The molecule has 1 fully saturated rings. The van der Waals surface area contributed by atoms with Gasteiger partial charge >= 0.3 is 6.03 Å². The first-order valence-electron chi connectivity index (χ1n) is 5.40. The summed E-state index contributed by atoms with van der Waals surface area (Å²) in [7, 11) is 0. The van der Waals surface area contributed by atoms with E-state index in [0.29, 0.717) is 0 Å². The van der Waals surface area contributed by atoms with Gasteiger partial charge in [-0.25, -0.2) is 9.79 Å². The molecular formula is C12H13N3O. The van der Waals surface area contributed by atoms with Crippen molar-refractivity contribution in [2.75, 3.05) is 0 Å². The van der Waals surface area contributed by atoms with E-state index in [4.69, 9.17) is 0 Å². The zero-order chi connectivity index (χ0) is 11.3. The fourth-order valence-corrected chi connectivity index (χ4v) is 2.28. The molecule has 16 heavy (non-hydrogen) atoms. The Kier molecular flexibility index (Phi) is 1.80. The quantitative estimate of drug-likeness (QED) is 0.678. The van der Waals surface area contributed by atoms with Crippen LogP contribution in [0.4, 0.5) is 10.5 Å². The van der Waals surface area contributed by atoms with Gasteiger partial charge in [0.1, 0.15) is 5.84 Å². The molecule has 0 bridgehead atoms. The zero-order valence-corrected chi connectivity index (χ0v) is 9.29. The number of benzene rings is 1. The molecule has 0 spiro atoms. The molecule has 4 nitrogen and oxygen atoms in total. The molecule has 1 atom stereocenters. The molecule has 1 aromatic rings. The first-order chi connectivity index (χ1) is 7.65. The van der Waals surface area contributed by atoms with Crippen molar-refractivity contribution in [3.05, 3.63) is 28.8 Å². The minimum absolute atomic E-state index is 0.0282. The molecule has 0 radical (unpaired) electrons. The molecule has 1 unspecified atom stereocenters. The van der Waals surface area contributed by atoms with Crippen LogP contribution in [-0.4, -0.2) is 17.9 Å². The van der Waals surface area contributed by atoms with Crippen molar-refractivity contribution in [3.63, 3.8) is 0 Å². The molecule has 2 N–H and O–H groups in total. The summed E-state index contributed by atoms with van der Waals surface area (Å²) < 4.78 is 0. The highest BCUT2D eigenvalue weighted by molar-refractivity contribution is 6.09. The molecule has 2 heterocycles. The lowest BCUT2D eigenvalue weighted by atomic mass is 9.93. The van der Waals surface area contributed by atoms with Gasteiger partial charge in [-0.3, -0.25) is 5.32 Å². The summed E-state index contributed by atoms with van der Waals surface area (Å²) in [5.74, 6) is 0.751. The van der Waals surface area contributed by atoms with Gasteiger partial charge in [0.2, 0.25) is 0 Å². The summed E-state index contributed by atoms with van der Waals surface area (Å²) in [5, 5.41) is 5.59. The number of aryl methyl sites for hydroxylation is 1. The number of hydrogen-bond donors (Lipinski definition) is 2. The monoisotopic (exact) mass is 215 g/mol. The van der Waals surface area contributed by atoms with Crippen LogP contribution in [0.15, 0.2) is 17.1 Å². The summed E-state index contributed by atoms with van der Waals surface area (Å²) in [5.41, 5.74) is 4.78. The molecule has 2 amide bonds. The van der Waals surface area contributed by atoms with E-state index in [1.807, 2.05) is 6.07 Å². The maximum absolute atomic E-state index is 11.2. The smallest absolute Gasteiger partial charge is 0.320 e. The van der Waals surface area contributed by atoms with Gasteiger partial charge in [-0.1, -0.05) is 6.07 Å². The normalized spacial score (nSPS) is 21.8. The van der Waals surface area contributed by atoms with Crippen LogP contribution < -0.4 is 10.6 Å². The van der Waals surface area contributed by atoms with E-state index in [2.05, 4.69) is 35.5 Å². The van der Waals surface area contributed by atoms with Gasteiger partial charge in [-0.2, -0.15) is 0 Å². The van der Waals surface area contributed by atoms with Gasteiger partial charge in [0.15, 0.2) is 0 Å². The summed E-state index contributed by atoms with van der Waals surface area (Å²) in [6.45, 7) is 4.21. The summed E-state index contributed by atoms with van der Waals surface area (Å²) in [4.78, 5) is 15.7. The number of amidine groups is 1. The topological polar surface area (TPSA) is 53.5 Å². The van der Waals surface area contributed by atoms with Gasteiger partial charge in [0.25, 0.3) is 0 Å². The van der Waals surface area contributed by atoms with E-state index in [1.165, 1.54) is 16.7 Å². The number of aliphatic imine (C=N–C) groups is 1. The molecule has 0 saturated carbocycles. The fraction of sp³-hybridized carbons (Fsp3) is 0.333. The number of hydrogen-bond acceptors (Lipinski definition) is 2. The van der Waals surface area contributed by atoms with Crippen LogP contribution in [0.3, 0.4) is 0 Å². The Labute approximate surface area is 93.8 Å². The van der Waals surface area contributed by atoms with E-state index in [1.54, 1.807) is 0 Å². The third-order valence-corrected chi connectivity index (χ3v) is 3.37. The molecule has 4 heteroatoms. The van der Waals surface area contributed by atoms with E-state index in [0.717, 1.165) is 17.9 Å². The first kappa shape index (κ1) is 9.39. The highest BCUT2D eigenvalue weighted by Gasteiger charge is 2.32. The minimum Gasteiger partial charge on any atom is -0.328 e. The number of nitrogens with one attached hydrogen (secondary N) is 2. The van der Waals surface area contributed by atoms with Gasteiger partial charge in [0.05, 0.1) is 11.7 Å². The molecule has 1 saturated heterocycles. The minimum atomic E-state index is -0.147. The summed E-state index contributed by atoms with van der Waals surface area (Å²) in [6.07, 6.45) is 0.834. The van der Waals surface area contributed by atoms with Crippen molar-refractivity contribution in [2.45, 2.75) is 26.3 Å². The fourth-order valence-electron chi connectivity index (χ4n) is 2.28. The Morgan fingerprint density at radius 3 is 3.00 bits per heavy atom. The van der Waals surface area contributed by atoms with Crippen molar-refractivity contribution >= 4 is 17.6 Å². The number of fused-ring (bicyclic) bond motifs is 2. The van der Waals surface area contributed by atoms with Crippen molar-refractivity contribution in [2.24, 2.45) is 4.99 Å². The number of carbonyl (C=O) groups excluding carboxylic acids is 1. The Morgan fingerprint density at radius 2 is 2.19 bits per heavy atom. The van der Waals surface area contributed by atoms with Crippen LogP contribution in [0.25, 0.3) is 0 Å². The van der Waals surface area contributed by atoms with E-state index >= 15 is 0 Å². The molecule has 3 rings (SSSR count). The molecule has 2 aliphatic heterocycles. The average Bonchev–Trinajstić information content (AvgIpc) is 2.61. The van der Waals surface area contributed by atoms with E-state index in [9.17, 15) is 4.79 Å². The Hall–Kier alpha value is -1.84. The van der Waals surface area contributed by atoms with Crippen molar-refractivity contribution in [3.8, 4) is 0 Å². The Balaban J connectivity index is 2.12. The Bertz CT molecular complexity index is 519. The highest BCUT2D eigenvalue weighted by Crippen LogP contribution is 2.30. The maximum atomic E-state index is 11.2. The summed E-state index contributed by atoms with van der Waals surface area (Å²) >= 11 is 0. The first-order valence-corrected chi connectivity index (χ1v) is 5.40. The SMILES string of the molecule is Cc1ccc2c(c1C)CC1NC(=O)NC1=N2. The van der Waals surface area contributed by atoms with Gasteiger partial charge in [-0.15, -0.1) is 0 Å². The van der Waals surface area contributed by atoms with Crippen LogP contribution in [0.2, 0.25) is 0 Å². The lowest BCUT2D eigenvalue weighted by Gasteiger charge is -2.20. The molecule has 0 aliphatic carbocycles. The average molecular weight is 215 g/mol. The third kappa shape index (κ3) is 1.23. The van der Waals surface area contributed by atoms with Crippen LogP contribution in [0.5, 0.6) is 0 Å². The predicted molar refractivity (Wildman–Crippen MR) is 62.2 cm³/mol. The van der Waals surface area contributed by atoms with Crippen LogP contribution in [-0.2, 0) is 6.42 Å². The molecular weight excluding hydrogens is 202 g/mol. The number of amides is 2. The number of rotatable bonds is 0. The number of carbonyl (C=O) groups is 1. The van der Waals surface area contributed by atoms with Crippen molar-refractivity contribution in [1.82, 2.24) is 10.6 Å². The van der Waals surface area contributed by atoms with Crippen molar-refractivity contribution in [1.29, 1.82) is 0 Å². The predicted octanol–water partition coefficient (Wildman–Crippen LogP) is 1.57. The zero-order valence-electron chi connectivity index (χ0n) is 9.29. The van der Waals surface area contributed by atoms with Crippen molar-refractivity contribution < 1.29 is 4.79 Å². The maximum Gasteiger partial charge on any atom is 0.320 e. The lowest BCUT2D eigenvalue weighted by molar-refractivity contribution is 0.248. The largest absolute Gasteiger partial charge is 0.328 e. The van der Waals surface area contributed by atoms with E-state index in [-0.39, 0.29) is 12.1 Å². The lowest BCUT2D eigenvalue weighted by Crippen LogP contribution is -2.33. The molecule has 2 aliphatic rings. The van der Waals surface area contributed by atoms with Gasteiger partial charge in [-0.05, 0) is 36.6 Å². The third-order valence-electron chi connectivity index (χ3n) is 3.37. The molecule has 0 aromatic heterocycles. The van der Waals surface area contributed by atoms with Gasteiger partial charge in [0, 0.05) is 6.42 Å². The van der Waals surface area contributed by atoms with Crippen LogP contribution >= 0.6 is 0 Å². The number of nitrogens with zero attached hydrogens (tertiary/aromatic N) is 1. The second-order valence-corrected chi connectivity index (χ2v) is 4.36. The molecule has 1 aromatic carbocycles. The second-order valence-electron chi connectivity index (χ2n) is 4.36. The highest BCUT2D eigenvalue weighted by atomic mass is 16.2. The van der Waals surface area contributed by atoms with Gasteiger partial charge < -0.3 is 5.32 Å².